The summed E-state index contributed by atoms with van der Waals surface area (Å²) in [5.74, 6) is -1.29. The number of carbonyl (C=O) groups is 2. The van der Waals surface area contributed by atoms with E-state index >= 15 is 0 Å². The van der Waals surface area contributed by atoms with Crippen molar-refractivity contribution in [3.05, 3.63) is 0 Å². The number of likely N-dealkylation sites (tertiary alicyclic amines) is 1. The summed E-state index contributed by atoms with van der Waals surface area (Å²) in [5.41, 5.74) is 0. The van der Waals surface area contributed by atoms with Crippen LogP contribution in [-0.4, -0.2) is 58.5 Å². The van der Waals surface area contributed by atoms with E-state index in [2.05, 4.69) is 0 Å². The molecular weight excluding hydrogens is 257 g/mol. The van der Waals surface area contributed by atoms with Crippen molar-refractivity contribution in [3.8, 4) is 0 Å². The quantitative estimate of drug-likeness (QED) is 0.682. The zero-order valence-corrected chi connectivity index (χ0v) is 9.28. The lowest BCUT2D eigenvalue weighted by Gasteiger charge is -2.21. The van der Waals surface area contributed by atoms with E-state index in [1.54, 1.807) is 0 Å². The van der Waals surface area contributed by atoms with Crippen LogP contribution in [0.3, 0.4) is 0 Å². The molecule has 0 aromatic rings. The summed E-state index contributed by atoms with van der Waals surface area (Å²) in [4.78, 5) is 23.1. The largest absolute Gasteiger partial charge is 0.480 e. The number of aliphatic hydroxyl groups excluding tert-OH is 1. The van der Waals surface area contributed by atoms with Crippen LogP contribution in [0.4, 0.5) is 18.0 Å². The van der Waals surface area contributed by atoms with Crippen molar-refractivity contribution in [1.29, 1.82) is 0 Å². The Morgan fingerprint density at radius 3 is 2.50 bits per heavy atom. The first kappa shape index (κ1) is 14.6. The van der Waals surface area contributed by atoms with Gasteiger partial charge in [-0.25, -0.2) is 9.59 Å². The lowest BCUT2D eigenvalue weighted by atomic mass is 10.2. The third kappa shape index (κ3) is 4.06. The highest BCUT2D eigenvalue weighted by Crippen LogP contribution is 2.20. The smallest absolute Gasteiger partial charge is 0.390 e. The van der Waals surface area contributed by atoms with Gasteiger partial charge >= 0.3 is 18.2 Å². The van der Waals surface area contributed by atoms with Gasteiger partial charge in [-0.1, -0.05) is 0 Å². The summed E-state index contributed by atoms with van der Waals surface area (Å²) in [5, 5.41) is 20.0. The fraction of sp³-hybridized carbons (Fsp3) is 0.778. The third-order valence-corrected chi connectivity index (χ3v) is 2.51. The summed E-state index contributed by atoms with van der Waals surface area (Å²) in [6.07, 6.45) is -6.67. The van der Waals surface area contributed by atoms with Gasteiger partial charge in [0.15, 0.2) is 0 Å². The number of nitrogens with one attached hydrogen (secondary N) is 1. The van der Waals surface area contributed by atoms with Gasteiger partial charge in [0.2, 0.25) is 0 Å². The van der Waals surface area contributed by atoms with E-state index in [9.17, 15) is 27.9 Å². The van der Waals surface area contributed by atoms with Crippen LogP contribution in [0.5, 0.6) is 0 Å². The maximum Gasteiger partial charge on any atom is 0.390 e. The number of carbonyl (C=O) groups excluding carboxylic acids is 1. The Hall–Kier alpha value is -1.51. The molecule has 1 aliphatic rings. The van der Waals surface area contributed by atoms with Crippen LogP contribution in [0.2, 0.25) is 0 Å². The van der Waals surface area contributed by atoms with E-state index in [0.29, 0.717) is 0 Å². The van der Waals surface area contributed by atoms with E-state index in [1.165, 1.54) is 0 Å². The van der Waals surface area contributed by atoms with Crippen LogP contribution >= 0.6 is 0 Å². The van der Waals surface area contributed by atoms with Gasteiger partial charge in [-0.3, -0.25) is 0 Å². The second-order valence-electron chi connectivity index (χ2n) is 3.99. The summed E-state index contributed by atoms with van der Waals surface area (Å²) in [7, 11) is 0. The molecule has 3 N–H and O–H groups in total. The Morgan fingerprint density at radius 1 is 1.39 bits per heavy atom. The van der Waals surface area contributed by atoms with Crippen LogP contribution in [0.25, 0.3) is 0 Å². The Kier molecular flexibility index (Phi) is 4.38. The lowest BCUT2D eigenvalue weighted by molar-refractivity contribution is -0.141. The van der Waals surface area contributed by atoms with E-state index in [0.717, 1.165) is 4.90 Å². The van der Waals surface area contributed by atoms with Crippen LogP contribution in [0.15, 0.2) is 0 Å². The molecule has 1 heterocycles. The molecule has 1 rings (SSSR count). The van der Waals surface area contributed by atoms with E-state index < -0.39 is 43.3 Å². The van der Waals surface area contributed by atoms with E-state index in [4.69, 9.17) is 5.11 Å². The van der Waals surface area contributed by atoms with Crippen LogP contribution in [0.1, 0.15) is 12.8 Å². The first-order valence-electron chi connectivity index (χ1n) is 5.23. The second kappa shape index (κ2) is 5.42. The van der Waals surface area contributed by atoms with E-state index in [1.807, 2.05) is 5.32 Å². The minimum Gasteiger partial charge on any atom is -0.480 e. The van der Waals surface area contributed by atoms with Crippen molar-refractivity contribution in [2.75, 3.05) is 13.1 Å². The zero-order valence-electron chi connectivity index (χ0n) is 9.28. The van der Waals surface area contributed by atoms with Gasteiger partial charge in [0.1, 0.15) is 6.04 Å². The lowest BCUT2D eigenvalue weighted by Crippen LogP contribution is -2.46. The molecule has 2 atom stereocenters. The van der Waals surface area contributed by atoms with Gasteiger partial charge in [0.05, 0.1) is 12.5 Å². The van der Waals surface area contributed by atoms with Crippen LogP contribution in [0, 0.1) is 0 Å². The maximum atomic E-state index is 11.9. The third-order valence-electron chi connectivity index (χ3n) is 2.51. The number of carboxylic acids is 1. The minimum atomic E-state index is -4.38. The number of amides is 2. The molecule has 0 saturated carbocycles. The molecule has 18 heavy (non-hydrogen) atoms. The molecule has 2 amide bonds. The van der Waals surface area contributed by atoms with E-state index in [-0.39, 0.29) is 13.0 Å². The molecule has 9 heteroatoms. The van der Waals surface area contributed by atoms with Gasteiger partial charge in [-0.05, 0) is 0 Å². The normalized spacial score (nSPS) is 24.1. The first-order chi connectivity index (χ1) is 8.20. The summed E-state index contributed by atoms with van der Waals surface area (Å²) in [6.45, 7) is -0.823. The fourth-order valence-electron chi connectivity index (χ4n) is 1.69. The standard InChI is InChI=1S/C9H13F3N2O4/c10-9(11,12)1-2-13-8(18)14-4-5(15)3-6(14)7(16)17/h5-6,15H,1-4H2,(H,13,18)(H,16,17). The fourth-order valence-corrected chi connectivity index (χ4v) is 1.69. The molecule has 104 valence electrons. The van der Waals surface area contributed by atoms with Crippen molar-refractivity contribution in [2.45, 2.75) is 31.2 Å². The number of aliphatic hydroxyl groups is 1. The van der Waals surface area contributed by atoms with Gasteiger partial charge in [0, 0.05) is 19.5 Å². The number of β-amino-alcohol motifs (C(OH)–C–C–N with tert-alkyl or cyclic N) is 1. The highest BCUT2D eigenvalue weighted by molar-refractivity contribution is 5.83. The molecule has 6 nitrogen and oxygen atoms in total. The Morgan fingerprint density at radius 2 is 2.00 bits per heavy atom. The van der Waals surface area contributed by atoms with Crippen molar-refractivity contribution in [2.24, 2.45) is 0 Å². The van der Waals surface area contributed by atoms with Crippen LogP contribution in [-0.2, 0) is 4.79 Å². The summed E-state index contributed by atoms with van der Waals surface area (Å²) >= 11 is 0. The SMILES string of the molecule is O=C(O)C1CC(O)CN1C(=O)NCCC(F)(F)F. The molecule has 0 aromatic carbocycles. The molecule has 0 spiro atoms. The molecule has 1 fully saturated rings. The number of hydrogen-bond acceptors (Lipinski definition) is 3. The van der Waals surface area contributed by atoms with Gasteiger partial charge < -0.3 is 20.4 Å². The predicted molar refractivity (Wildman–Crippen MR) is 52.8 cm³/mol. The predicted octanol–water partition coefficient (Wildman–Crippen LogP) is 0.168. The molecule has 0 aliphatic carbocycles. The molecule has 2 unspecified atom stereocenters. The topological polar surface area (TPSA) is 89.9 Å². The van der Waals surface area contributed by atoms with Crippen molar-refractivity contribution in [3.63, 3.8) is 0 Å². The van der Waals surface area contributed by atoms with Crippen molar-refractivity contribution < 1.29 is 33.0 Å². The number of nitrogens with zero attached hydrogens (tertiary/aromatic N) is 1. The van der Waals surface area contributed by atoms with Gasteiger partial charge in [-0.2, -0.15) is 13.2 Å². The number of halogens is 3. The maximum absolute atomic E-state index is 11.9. The number of aliphatic carboxylic acids is 1. The van der Waals surface area contributed by atoms with Gasteiger partial charge in [0.25, 0.3) is 0 Å². The average Bonchev–Trinajstić information content (AvgIpc) is 2.58. The number of urea groups is 1. The monoisotopic (exact) mass is 270 g/mol. The minimum absolute atomic E-state index is 0.123. The highest BCUT2D eigenvalue weighted by Gasteiger charge is 2.39. The molecule has 0 radical (unpaired) electrons. The molecular formula is C9H13F3N2O4. The number of carboxylic acid groups (broad SMARTS) is 1. The number of rotatable bonds is 3. The van der Waals surface area contributed by atoms with Crippen molar-refractivity contribution >= 4 is 12.0 Å². The first-order valence-corrected chi connectivity index (χ1v) is 5.23. The Bertz CT molecular complexity index is 334. The second-order valence-corrected chi connectivity index (χ2v) is 3.99. The summed E-state index contributed by atoms with van der Waals surface area (Å²) in [6, 6.07) is -2.12. The average molecular weight is 270 g/mol. The van der Waals surface area contributed by atoms with Gasteiger partial charge in [-0.15, -0.1) is 0 Å². The zero-order chi connectivity index (χ0) is 13.9. The molecule has 1 saturated heterocycles. The summed E-state index contributed by atoms with van der Waals surface area (Å²) < 4.78 is 35.6. The number of alkyl halides is 3. The number of hydrogen-bond donors (Lipinski definition) is 3. The van der Waals surface area contributed by atoms with Crippen molar-refractivity contribution in [1.82, 2.24) is 10.2 Å². The molecule has 1 aliphatic heterocycles. The Balaban J connectivity index is 2.48. The van der Waals surface area contributed by atoms with Crippen LogP contribution < -0.4 is 5.32 Å². The highest BCUT2D eigenvalue weighted by atomic mass is 19.4. The molecule has 0 bridgehead atoms. The Labute approximate surface area is 100 Å². The molecule has 0 aromatic heterocycles.